The highest BCUT2D eigenvalue weighted by Gasteiger charge is 2.26. The van der Waals surface area contributed by atoms with Gasteiger partial charge in [0.2, 0.25) is 0 Å². The van der Waals surface area contributed by atoms with Gasteiger partial charge < -0.3 is 10.4 Å². The number of phenols is 1. The van der Waals surface area contributed by atoms with Crippen molar-refractivity contribution in [2.45, 2.75) is 0 Å². The summed E-state index contributed by atoms with van der Waals surface area (Å²) < 4.78 is 1.33. The molecule has 0 saturated heterocycles. The molecule has 1 amide bonds. The van der Waals surface area contributed by atoms with Gasteiger partial charge in [0.1, 0.15) is 5.75 Å². The lowest BCUT2D eigenvalue weighted by Crippen LogP contribution is -2.03. The molecule has 2 aromatic rings. The molecule has 0 spiro atoms. The fraction of sp³-hybridized carbons (Fsp3) is 0. The maximum Gasteiger partial charge on any atom is 0.270 e. The van der Waals surface area contributed by atoms with Crippen LogP contribution < -0.4 is 5.32 Å². The third kappa shape index (κ3) is 3.04. The first kappa shape index (κ1) is 16.2. The second kappa shape index (κ2) is 6.07. The quantitative estimate of drug-likeness (QED) is 0.264. The molecule has 1 aliphatic heterocycles. The fourth-order valence-electron chi connectivity index (χ4n) is 2.27. The van der Waals surface area contributed by atoms with Gasteiger partial charge >= 0.3 is 0 Å². The van der Waals surface area contributed by atoms with Gasteiger partial charge in [-0.1, -0.05) is 0 Å². The van der Waals surface area contributed by atoms with Crippen LogP contribution in [0.4, 0.5) is 11.4 Å². The number of carbonyl (C=O) groups excluding carboxylic acids is 1. The van der Waals surface area contributed by atoms with Gasteiger partial charge in [0.05, 0.1) is 12.1 Å². The molecule has 0 unspecified atom stereocenters. The molecular weight excluding hydrogens is 526 g/mol. The standard InChI is InChI=1S/C15H8I2N2O4/c16-11-4-7(5-12(17)14(11)20)3-10-9-6-8(19(22)23)1-2-13(9)18-15(10)21/h1-6,20H,(H,18,21). The van der Waals surface area contributed by atoms with Gasteiger partial charge in [-0.05, 0) is 75.0 Å². The summed E-state index contributed by atoms with van der Waals surface area (Å²) in [5.74, 6) is -0.112. The van der Waals surface area contributed by atoms with E-state index in [4.69, 9.17) is 0 Å². The van der Waals surface area contributed by atoms with Crippen molar-refractivity contribution in [3.05, 3.63) is 58.7 Å². The average molecular weight is 534 g/mol. The Morgan fingerprint density at radius 1 is 1.17 bits per heavy atom. The molecule has 2 N–H and O–H groups in total. The largest absolute Gasteiger partial charge is 0.506 e. The number of nitro groups is 1. The van der Waals surface area contributed by atoms with Gasteiger partial charge in [-0.15, -0.1) is 0 Å². The van der Waals surface area contributed by atoms with Gasteiger partial charge in [-0.3, -0.25) is 14.9 Å². The smallest absolute Gasteiger partial charge is 0.270 e. The zero-order chi connectivity index (χ0) is 16.7. The van der Waals surface area contributed by atoms with Gasteiger partial charge in [-0.25, -0.2) is 0 Å². The summed E-state index contributed by atoms with van der Waals surface area (Å²) in [6.45, 7) is 0. The van der Waals surface area contributed by atoms with E-state index in [2.05, 4.69) is 5.32 Å². The molecule has 1 aliphatic rings. The molecule has 8 heteroatoms. The van der Waals surface area contributed by atoms with Crippen molar-refractivity contribution in [3.8, 4) is 5.75 Å². The molecule has 23 heavy (non-hydrogen) atoms. The Bertz CT molecular complexity index is 870. The number of hydrogen-bond acceptors (Lipinski definition) is 4. The number of rotatable bonds is 2. The molecule has 0 radical (unpaired) electrons. The predicted molar refractivity (Wildman–Crippen MR) is 103 cm³/mol. The molecule has 3 rings (SSSR count). The van der Waals surface area contributed by atoms with Crippen molar-refractivity contribution >= 4 is 74.1 Å². The number of fused-ring (bicyclic) bond motifs is 1. The second-order valence-corrected chi connectivity index (χ2v) is 7.16. The minimum absolute atomic E-state index is 0.0685. The van der Waals surface area contributed by atoms with Crippen LogP contribution in [0.15, 0.2) is 30.3 Å². The third-order valence-electron chi connectivity index (χ3n) is 3.35. The van der Waals surface area contributed by atoms with Crippen LogP contribution in [0.25, 0.3) is 11.6 Å². The van der Waals surface area contributed by atoms with E-state index in [0.29, 0.717) is 24.0 Å². The lowest BCUT2D eigenvalue weighted by atomic mass is 10.0. The summed E-state index contributed by atoms with van der Waals surface area (Å²) in [7, 11) is 0. The number of benzene rings is 2. The molecule has 2 aromatic carbocycles. The number of anilines is 1. The Morgan fingerprint density at radius 3 is 2.43 bits per heavy atom. The lowest BCUT2D eigenvalue weighted by molar-refractivity contribution is -0.384. The highest BCUT2D eigenvalue weighted by Crippen LogP contribution is 2.36. The van der Waals surface area contributed by atoms with E-state index < -0.39 is 4.92 Å². The lowest BCUT2D eigenvalue weighted by Gasteiger charge is -2.04. The van der Waals surface area contributed by atoms with Gasteiger partial charge in [-0.2, -0.15) is 0 Å². The number of halogens is 2. The van der Waals surface area contributed by atoms with Crippen LogP contribution in [0.5, 0.6) is 5.75 Å². The summed E-state index contributed by atoms with van der Waals surface area (Å²) >= 11 is 4.01. The summed E-state index contributed by atoms with van der Waals surface area (Å²) in [5.41, 5.74) is 2.08. The Hall–Kier alpha value is -1.69. The van der Waals surface area contributed by atoms with Crippen LogP contribution in [0, 0.1) is 17.3 Å². The number of aromatic hydroxyl groups is 1. The molecule has 0 bridgehead atoms. The van der Waals surface area contributed by atoms with Gasteiger partial charge in [0.25, 0.3) is 11.6 Å². The number of carbonyl (C=O) groups is 1. The van der Waals surface area contributed by atoms with Crippen LogP contribution in [0.2, 0.25) is 0 Å². The van der Waals surface area contributed by atoms with Crippen molar-refractivity contribution in [3.63, 3.8) is 0 Å². The fourth-order valence-corrected chi connectivity index (χ4v) is 4.08. The molecule has 0 aromatic heterocycles. The number of hydrogen-bond donors (Lipinski definition) is 2. The average Bonchev–Trinajstić information content (AvgIpc) is 2.80. The highest BCUT2D eigenvalue weighted by atomic mass is 127. The first-order valence-electron chi connectivity index (χ1n) is 6.36. The molecular formula is C15H8I2N2O4. The molecule has 0 atom stereocenters. The molecule has 1 heterocycles. The SMILES string of the molecule is O=C1Nc2ccc([N+](=O)[O-])cc2C1=Cc1cc(I)c(O)c(I)c1. The summed E-state index contributed by atoms with van der Waals surface area (Å²) in [5, 5.41) is 23.4. The molecule has 0 aliphatic carbocycles. The first-order chi connectivity index (χ1) is 10.9. The topological polar surface area (TPSA) is 92.5 Å². The van der Waals surface area contributed by atoms with Crippen molar-refractivity contribution in [2.75, 3.05) is 5.32 Å². The van der Waals surface area contributed by atoms with E-state index in [1.807, 2.05) is 45.2 Å². The van der Waals surface area contributed by atoms with E-state index in [0.717, 1.165) is 5.56 Å². The zero-order valence-electron chi connectivity index (χ0n) is 11.3. The van der Waals surface area contributed by atoms with E-state index in [1.165, 1.54) is 18.2 Å². The molecule has 0 fully saturated rings. The minimum Gasteiger partial charge on any atom is -0.506 e. The number of nitrogens with one attached hydrogen (secondary N) is 1. The Morgan fingerprint density at radius 2 is 1.83 bits per heavy atom. The van der Waals surface area contributed by atoms with E-state index >= 15 is 0 Å². The predicted octanol–water partition coefficient (Wildman–Crippen LogP) is 4.00. The normalized spacial score (nSPS) is 14.7. The Kier molecular flexibility index (Phi) is 4.27. The van der Waals surface area contributed by atoms with Crippen molar-refractivity contribution in [1.29, 1.82) is 0 Å². The highest BCUT2D eigenvalue weighted by molar-refractivity contribution is 14.1. The van der Waals surface area contributed by atoms with E-state index in [1.54, 1.807) is 18.2 Å². The van der Waals surface area contributed by atoms with E-state index in [-0.39, 0.29) is 17.3 Å². The summed E-state index contributed by atoms with van der Waals surface area (Å²) in [4.78, 5) is 22.6. The Balaban J connectivity index is 2.13. The van der Waals surface area contributed by atoms with Crippen LogP contribution >= 0.6 is 45.2 Å². The number of amides is 1. The third-order valence-corrected chi connectivity index (χ3v) is 4.99. The van der Waals surface area contributed by atoms with Crippen LogP contribution in [0.3, 0.4) is 0 Å². The van der Waals surface area contributed by atoms with Crippen molar-refractivity contribution in [1.82, 2.24) is 0 Å². The van der Waals surface area contributed by atoms with Gasteiger partial charge in [0.15, 0.2) is 0 Å². The van der Waals surface area contributed by atoms with Crippen molar-refractivity contribution in [2.24, 2.45) is 0 Å². The Labute approximate surface area is 158 Å². The number of phenolic OH excluding ortho intramolecular Hbond substituents is 1. The minimum atomic E-state index is -0.493. The number of nitro benzene ring substituents is 1. The van der Waals surface area contributed by atoms with E-state index in [9.17, 15) is 20.0 Å². The molecule has 0 saturated carbocycles. The maximum atomic E-state index is 12.2. The van der Waals surface area contributed by atoms with Crippen LogP contribution in [0.1, 0.15) is 11.1 Å². The maximum absolute atomic E-state index is 12.2. The monoisotopic (exact) mass is 534 g/mol. The number of non-ortho nitro benzene ring substituents is 1. The molecule has 116 valence electrons. The first-order valence-corrected chi connectivity index (χ1v) is 8.52. The second-order valence-electron chi connectivity index (χ2n) is 4.83. The zero-order valence-corrected chi connectivity index (χ0v) is 15.7. The molecule has 6 nitrogen and oxygen atoms in total. The van der Waals surface area contributed by atoms with Crippen molar-refractivity contribution < 1.29 is 14.8 Å². The summed E-state index contributed by atoms with van der Waals surface area (Å²) in [6, 6.07) is 7.75. The number of nitrogens with zero attached hydrogens (tertiary/aromatic N) is 1. The van der Waals surface area contributed by atoms with Crippen LogP contribution in [-0.4, -0.2) is 15.9 Å². The van der Waals surface area contributed by atoms with Crippen LogP contribution in [-0.2, 0) is 4.79 Å². The van der Waals surface area contributed by atoms with Gasteiger partial charge in [0, 0.05) is 29.0 Å². The summed E-state index contributed by atoms with van der Waals surface area (Å²) in [6.07, 6.45) is 1.66.